The molecule has 0 amide bonds. The maximum atomic E-state index is 4.92. The smallest absolute Gasteiger partial charge is 0.116 e. The van der Waals surface area contributed by atoms with Crippen LogP contribution >= 0.6 is 11.8 Å². The summed E-state index contributed by atoms with van der Waals surface area (Å²) in [5, 5.41) is 2.98. The summed E-state index contributed by atoms with van der Waals surface area (Å²) in [6.45, 7) is 0. The fourth-order valence-electron chi connectivity index (χ4n) is 0.473. The van der Waals surface area contributed by atoms with Crippen LogP contribution in [0.3, 0.4) is 0 Å². The Morgan fingerprint density at radius 2 is 2.75 bits per heavy atom. The average Bonchev–Trinajstić information content (AvgIpc) is 1.90. The summed E-state index contributed by atoms with van der Waals surface area (Å²) in [7, 11) is 1.67. The van der Waals surface area contributed by atoms with E-state index in [0.717, 1.165) is 11.5 Å². The maximum absolute atomic E-state index is 4.92. The van der Waals surface area contributed by atoms with Gasteiger partial charge in [0.25, 0.3) is 0 Å². The van der Waals surface area contributed by atoms with Gasteiger partial charge in [-0.15, -0.1) is 11.8 Å². The Balaban J connectivity index is 2.51. The highest BCUT2D eigenvalue weighted by Crippen LogP contribution is 2.12. The Kier molecular flexibility index (Phi) is 2.03. The molecule has 1 rings (SSSR count). The van der Waals surface area contributed by atoms with Gasteiger partial charge in [-0.2, -0.15) is 0 Å². The SMILES string of the molecule is COC1=CCS[C]=C1. The summed E-state index contributed by atoms with van der Waals surface area (Å²) in [5.41, 5.74) is 0. The number of thioether (sulfide) groups is 1. The van der Waals surface area contributed by atoms with Crippen molar-refractivity contribution in [3.63, 3.8) is 0 Å². The topological polar surface area (TPSA) is 9.23 Å². The number of hydrogen-bond donors (Lipinski definition) is 0. The minimum atomic E-state index is 0.920. The van der Waals surface area contributed by atoms with Crippen molar-refractivity contribution >= 4 is 11.8 Å². The number of rotatable bonds is 1. The third-order valence-electron chi connectivity index (χ3n) is 0.888. The van der Waals surface area contributed by atoms with E-state index in [9.17, 15) is 0 Å². The van der Waals surface area contributed by atoms with Gasteiger partial charge < -0.3 is 4.74 Å². The number of methoxy groups -OCH3 is 1. The van der Waals surface area contributed by atoms with E-state index in [1.807, 2.05) is 12.2 Å². The summed E-state index contributed by atoms with van der Waals surface area (Å²) in [6.07, 6.45) is 3.87. The zero-order valence-electron chi connectivity index (χ0n) is 4.68. The number of ether oxygens (including phenoxy) is 1. The van der Waals surface area contributed by atoms with Gasteiger partial charge in [-0.25, -0.2) is 0 Å². The molecule has 0 aliphatic carbocycles. The number of allylic oxidation sites excluding steroid dienone is 1. The molecule has 2 heteroatoms. The van der Waals surface area contributed by atoms with Crippen LogP contribution in [0.5, 0.6) is 0 Å². The first-order chi connectivity index (χ1) is 3.93. The molecule has 0 aromatic carbocycles. The highest BCUT2D eigenvalue weighted by molar-refractivity contribution is 8.01. The molecule has 1 radical (unpaired) electrons. The quantitative estimate of drug-likeness (QED) is 0.529. The van der Waals surface area contributed by atoms with Crippen LogP contribution in [0.25, 0.3) is 0 Å². The lowest BCUT2D eigenvalue weighted by atomic mass is 10.4. The van der Waals surface area contributed by atoms with E-state index < -0.39 is 0 Å². The summed E-state index contributed by atoms with van der Waals surface area (Å²) in [6, 6.07) is 0. The highest BCUT2D eigenvalue weighted by atomic mass is 32.2. The van der Waals surface area contributed by atoms with Gasteiger partial charge in [0.1, 0.15) is 5.76 Å². The average molecular weight is 127 g/mol. The van der Waals surface area contributed by atoms with Crippen molar-refractivity contribution in [2.45, 2.75) is 0 Å². The second-order valence-electron chi connectivity index (χ2n) is 1.38. The largest absolute Gasteiger partial charge is 0.497 e. The first kappa shape index (κ1) is 5.76. The first-order valence-electron chi connectivity index (χ1n) is 2.38. The lowest BCUT2D eigenvalue weighted by molar-refractivity contribution is 0.306. The molecule has 0 atom stereocenters. The van der Waals surface area contributed by atoms with Gasteiger partial charge in [-0.05, 0) is 12.2 Å². The molecule has 0 aromatic rings. The second-order valence-corrected chi connectivity index (χ2v) is 2.24. The Morgan fingerprint density at radius 3 is 3.12 bits per heavy atom. The van der Waals surface area contributed by atoms with Crippen molar-refractivity contribution in [2.24, 2.45) is 0 Å². The van der Waals surface area contributed by atoms with Crippen LogP contribution in [0.4, 0.5) is 0 Å². The predicted octanol–water partition coefficient (Wildman–Crippen LogP) is 1.58. The molecule has 0 unspecified atom stereocenters. The molecule has 8 heavy (non-hydrogen) atoms. The second kappa shape index (κ2) is 2.82. The fourth-order valence-corrected chi connectivity index (χ4v) is 1.02. The van der Waals surface area contributed by atoms with Crippen LogP contribution in [0.15, 0.2) is 17.9 Å². The third kappa shape index (κ3) is 1.30. The lowest BCUT2D eigenvalue weighted by Gasteiger charge is -2.01. The van der Waals surface area contributed by atoms with Crippen molar-refractivity contribution in [3.05, 3.63) is 23.3 Å². The van der Waals surface area contributed by atoms with Crippen LogP contribution in [0.1, 0.15) is 0 Å². The van der Waals surface area contributed by atoms with Crippen LogP contribution in [0.2, 0.25) is 0 Å². The van der Waals surface area contributed by atoms with Gasteiger partial charge >= 0.3 is 0 Å². The van der Waals surface area contributed by atoms with E-state index >= 15 is 0 Å². The van der Waals surface area contributed by atoms with E-state index in [1.165, 1.54) is 0 Å². The molecule has 0 bridgehead atoms. The Morgan fingerprint density at radius 1 is 1.88 bits per heavy atom. The molecule has 0 fully saturated rings. The number of hydrogen-bond acceptors (Lipinski definition) is 2. The summed E-state index contributed by atoms with van der Waals surface area (Å²) in [5.74, 6) is 1.91. The zero-order valence-corrected chi connectivity index (χ0v) is 5.49. The van der Waals surface area contributed by atoms with E-state index in [0.29, 0.717) is 0 Å². The molecular weight excluding hydrogens is 120 g/mol. The van der Waals surface area contributed by atoms with E-state index in [-0.39, 0.29) is 0 Å². The molecule has 0 spiro atoms. The normalized spacial score (nSPS) is 17.9. The molecule has 1 aliphatic rings. The van der Waals surface area contributed by atoms with Gasteiger partial charge in [0.2, 0.25) is 0 Å². The Labute approximate surface area is 53.4 Å². The Hall–Kier alpha value is -0.370. The minimum absolute atomic E-state index is 0.920. The molecule has 0 saturated carbocycles. The van der Waals surface area contributed by atoms with E-state index in [1.54, 1.807) is 18.9 Å². The molecule has 1 aliphatic heterocycles. The lowest BCUT2D eigenvalue weighted by Crippen LogP contribution is -1.86. The monoisotopic (exact) mass is 127 g/mol. The first-order valence-corrected chi connectivity index (χ1v) is 3.37. The van der Waals surface area contributed by atoms with E-state index in [4.69, 9.17) is 4.74 Å². The van der Waals surface area contributed by atoms with Crippen LogP contribution < -0.4 is 0 Å². The minimum Gasteiger partial charge on any atom is -0.497 e. The fraction of sp³-hybridized carbons (Fsp3) is 0.333. The van der Waals surface area contributed by atoms with Crippen LogP contribution in [0, 0.1) is 5.41 Å². The van der Waals surface area contributed by atoms with Crippen molar-refractivity contribution in [1.82, 2.24) is 0 Å². The van der Waals surface area contributed by atoms with Gasteiger partial charge in [-0.3, -0.25) is 0 Å². The zero-order chi connectivity index (χ0) is 5.82. The molecule has 1 heterocycles. The standard InChI is InChI=1S/C6H7OS/c1-7-6-2-4-8-5-3-6/h2-3H,4H2,1H3. The van der Waals surface area contributed by atoms with Crippen molar-refractivity contribution in [2.75, 3.05) is 12.9 Å². The molecule has 43 valence electrons. The third-order valence-corrected chi connectivity index (χ3v) is 1.51. The van der Waals surface area contributed by atoms with Crippen molar-refractivity contribution in [3.8, 4) is 0 Å². The summed E-state index contributed by atoms with van der Waals surface area (Å²) < 4.78 is 4.92. The van der Waals surface area contributed by atoms with Crippen LogP contribution in [-0.2, 0) is 4.74 Å². The molecule has 1 nitrogen and oxygen atoms in total. The summed E-state index contributed by atoms with van der Waals surface area (Å²) >= 11 is 1.65. The van der Waals surface area contributed by atoms with E-state index in [2.05, 4.69) is 5.41 Å². The maximum Gasteiger partial charge on any atom is 0.116 e. The molecule has 0 saturated heterocycles. The van der Waals surface area contributed by atoms with Gasteiger partial charge in [0, 0.05) is 11.2 Å². The molecule has 0 N–H and O–H groups in total. The van der Waals surface area contributed by atoms with Crippen LogP contribution in [-0.4, -0.2) is 12.9 Å². The molecule has 0 aromatic heterocycles. The van der Waals surface area contributed by atoms with Gasteiger partial charge in [0.05, 0.1) is 7.11 Å². The highest BCUT2D eigenvalue weighted by Gasteiger charge is 1.93. The molecular formula is C6H7OS. The predicted molar refractivity (Wildman–Crippen MR) is 35.4 cm³/mol. The Bertz CT molecular complexity index is 126. The van der Waals surface area contributed by atoms with Crippen molar-refractivity contribution in [1.29, 1.82) is 0 Å². The van der Waals surface area contributed by atoms with Gasteiger partial charge in [0.15, 0.2) is 0 Å². The van der Waals surface area contributed by atoms with Gasteiger partial charge in [-0.1, -0.05) is 0 Å². The van der Waals surface area contributed by atoms with Crippen molar-refractivity contribution < 1.29 is 4.74 Å². The summed E-state index contributed by atoms with van der Waals surface area (Å²) in [4.78, 5) is 0.